The molecule has 0 bridgehead atoms. The van der Waals surface area contributed by atoms with Gasteiger partial charge in [0, 0.05) is 0 Å². The van der Waals surface area contributed by atoms with Crippen molar-refractivity contribution in [2.24, 2.45) is 0 Å². The van der Waals surface area contributed by atoms with Gasteiger partial charge in [0.05, 0.1) is 0 Å². The summed E-state index contributed by atoms with van der Waals surface area (Å²) in [6.07, 6.45) is 7.32. The Balaban J connectivity index is 0.000000244. The Morgan fingerprint density at radius 3 is 1.56 bits per heavy atom. The summed E-state index contributed by atoms with van der Waals surface area (Å²) in [6, 6.07) is 30.8. The van der Waals surface area contributed by atoms with Crippen molar-refractivity contribution < 1.29 is 49.0 Å². The molecule has 0 N–H and O–H groups in total. The zero-order valence-corrected chi connectivity index (χ0v) is 28.3. The molecular formula is C36H42Cl2Zr-2. The van der Waals surface area contributed by atoms with Gasteiger partial charge in [0.25, 0.3) is 0 Å². The van der Waals surface area contributed by atoms with E-state index in [9.17, 15) is 0 Å². The predicted octanol–water partition coefficient (Wildman–Crippen LogP) is 4.54. The number of benzene rings is 3. The summed E-state index contributed by atoms with van der Waals surface area (Å²) in [5.41, 5.74) is 3.21. The number of fused-ring (bicyclic) bond motifs is 4. The van der Waals surface area contributed by atoms with Crippen molar-refractivity contribution in [3.63, 3.8) is 0 Å². The quantitative estimate of drug-likeness (QED) is 0.219. The molecule has 5 aromatic rings. The van der Waals surface area contributed by atoms with Gasteiger partial charge < -0.3 is 24.8 Å². The Morgan fingerprint density at radius 2 is 1.13 bits per heavy atom. The molecule has 0 radical (unpaired) electrons. The van der Waals surface area contributed by atoms with Gasteiger partial charge in [-0.1, -0.05) is 83.0 Å². The van der Waals surface area contributed by atoms with Crippen LogP contribution in [-0.2, 0) is 35.1 Å². The van der Waals surface area contributed by atoms with E-state index in [1.165, 1.54) is 75.5 Å². The molecule has 0 atom stereocenters. The van der Waals surface area contributed by atoms with Crippen LogP contribution in [0.1, 0.15) is 84.8 Å². The molecule has 0 spiro atoms. The van der Waals surface area contributed by atoms with Crippen molar-refractivity contribution in [1.29, 1.82) is 0 Å². The number of hydrogen-bond donors (Lipinski definition) is 0. The second kappa shape index (κ2) is 14.4. The van der Waals surface area contributed by atoms with Gasteiger partial charge in [-0.05, 0) is 10.8 Å². The van der Waals surface area contributed by atoms with Gasteiger partial charge in [-0.15, -0.1) is 69.4 Å². The van der Waals surface area contributed by atoms with Gasteiger partial charge >= 0.3 is 59.5 Å². The van der Waals surface area contributed by atoms with Gasteiger partial charge in [0.15, 0.2) is 0 Å². The monoisotopic (exact) mass is 634 g/mol. The van der Waals surface area contributed by atoms with Crippen LogP contribution in [0.5, 0.6) is 0 Å². The third-order valence-electron chi connectivity index (χ3n) is 7.44. The molecule has 0 nitrogen and oxygen atoms in total. The normalized spacial score (nSPS) is 13.6. The molecule has 1 aliphatic rings. The fourth-order valence-electron chi connectivity index (χ4n) is 5.00. The second-order valence-corrected chi connectivity index (χ2v) is 14.3. The van der Waals surface area contributed by atoms with E-state index in [-0.39, 0.29) is 35.6 Å². The van der Waals surface area contributed by atoms with Crippen LogP contribution in [0.3, 0.4) is 0 Å². The predicted molar refractivity (Wildman–Crippen MR) is 162 cm³/mol. The molecule has 0 saturated heterocycles. The smallest absolute Gasteiger partial charge is 0.0809 e. The molecular weight excluding hydrogens is 595 g/mol. The van der Waals surface area contributed by atoms with E-state index in [1.807, 2.05) is 0 Å². The van der Waals surface area contributed by atoms with Crippen LogP contribution in [0.4, 0.5) is 0 Å². The zero-order chi connectivity index (χ0) is 26.6. The Kier molecular flexibility index (Phi) is 12.4. The Morgan fingerprint density at radius 1 is 0.615 bits per heavy atom. The number of halogens is 2. The summed E-state index contributed by atoms with van der Waals surface area (Å²) in [7, 11) is 0. The van der Waals surface area contributed by atoms with E-state index < -0.39 is 0 Å². The van der Waals surface area contributed by atoms with Crippen molar-refractivity contribution in [3.05, 3.63) is 96.1 Å². The van der Waals surface area contributed by atoms with E-state index in [2.05, 4.69) is 126 Å². The Hall–Kier alpha value is -1.53. The van der Waals surface area contributed by atoms with E-state index in [0.717, 1.165) is 0 Å². The van der Waals surface area contributed by atoms with E-state index in [1.54, 1.807) is 27.4 Å². The Bertz CT molecular complexity index is 1380. The topological polar surface area (TPSA) is 0 Å². The second-order valence-electron chi connectivity index (χ2n) is 12.6. The average Bonchev–Trinajstić information content (AvgIpc) is 3.48. The summed E-state index contributed by atoms with van der Waals surface area (Å²) in [6.45, 7) is 13.6. The number of hydrogen-bond acceptors (Lipinski definition) is 0. The molecule has 0 unspecified atom stereocenters. The van der Waals surface area contributed by atoms with Crippen LogP contribution >= 0.6 is 0 Å². The van der Waals surface area contributed by atoms with Crippen LogP contribution < -0.4 is 24.8 Å². The van der Waals surface area contributed by atoms with E-state index in [4.69, 9.17) is 0 Å². The molecule has 0 amide bonds. The molecule has 0 aromatic heterocycles. The summed E-state index contributed by atoms with van der Waals surface area (Å²) in [4.78, 5) is 0. The molecule has 1 aliphatic carbocycles. The summed E-state index contributed by atoms with van der Waals surface area (Å²) < 4.78 is 1.80. The fraction of sp³-hybridized carbons (Fsp3) is 0.361. The Labute approximate surface area is 263 Å². The van der Waals surface area contributed by atoms with Crippen molar-refractivity contribution in [1.82, 2.24) is 0 Å². The first kappa shape index (κ1) is 33.7. The van der Waals surface area contributed by atoms with E-state index in [0.29, 0.717) is 0 Å². The SMILES string of the molecule is CC(C)(C)c1ccc2c(c1)[cH-]c1cc(C(C)(C)C)ccc12.[Cl-].[Cl-].[Zr+2]=[C]1CCCCC1.c1ccc2[cH-]ccc2c1. The van der Waals surface area contributed by atoms with Crippen molar-refractivity contribution in [3.8, 4) is 0 Å². The molecule has 39 heavy (non-hydrogen) atoms. The maximum atomic E-state index is 2.35. The van der Waals surface area contributed by atoms with Gasteiger partial charge in [0.2, 0.25) is 0 Å². The molecule has 6 rings (SSSR count). The minimum Gasteiger partial charge on any atom is -0.168 e. The minimum atomic E-state index is 0. The third kappa shape index (κ3) is 8.98. The first-order chi connectivity index (χ1) is 17.5. The molecule has 1 saturated carbocycles. The molecule has 206 valence electrons. The molecule has 0 heterocycles. The standard InChI is InChI=1S/C21H25.C9H7.C6H10.2ClH.Zr/c1-20(2,3)16-7-9-18-14(12-16)11-15-13-17(21(4,5)6)8-10-19(15)18;1-2-5-9-7-3-6-8(9)4-1;1-2-4-6-5-3-1;;;/h7-13H,1-6H3;1-7H;1-5H2;2*1H;/q2*-1;;;;+2/p-2. The maximum Gasteiger partial charge on any atom is -0.0809 e. The van der Waals surface area contributed by atoms with Gasteiger partial charge in [-0.3, -0.25) is 0 Å². The van der Waals surface area contributed by atoms with Crippen LogP contribution in [0.25, 0.3) is 32.3 Å². The zero-order valence-electron chi connectivity index (χ0n) is 24.4. The molecule has 1 fully saturated rings. The largest absolute Gasteiger partial charge is 0.168 e. The van der Waals surface area contributed by atoms with E-state index >= 15 is 0 Å². The first-order valence-corrected chi connectivity index (χ1v) is 15.1. The van der Waals surface area contributed by atoms with Crippen LogP contribution in [0, 0.1) is 0 Å². The van der Waals surface area contributed by atoms with Gasteiger partial charge in [-0.25, -0.2) is 0 Å². The minimum absolute atomic E-state index is 0. The summed E-state index contributed by atoms with van der Waals surface area (Å²) in [5, 5.41) is 8.14. The first-order valence-electron chi connectivity index (χ1n) is 13.8. The van der Waals surface area contributed by atoms with Gasteiger partial charge in [0.1, 0.15) is 0 Å². The average molecular weight is 637 g/mol. The van der Waals surface area contributed by atoms with Crippen LogP contribution in [0.2, 0.25) is 0 Å². The van der Waals surface area contributed by atoms with Crippen molar-refractivity contribution >= 4 is 35.5 Å². The number of rotatable bonds is 0. The fourth-order valence-corrected chi connectivity index (χ4v) is 5.87. The van der Waals surface area contributed by atoms with Crippen molar-refractivity contribution in [2.75, 3.05) is 0 Å². The molecule has 5 aromatic carbocycles. The van der Waals surface area contributed by atoms with Crippen molar-refractivity contribution in [2.45, 2.75) is 84.5 Å². The van der Waals surface area contributed by atoms with Crippen LogP contribution in [-0.4, -0.2) is 3.21 Å². The summed E-state index contributed by atoms with van der Waals surface area (Å²) >= 11 is 1.69. The third-order valence-corrected chi connectivity index (χ3v) is 8.67. The molecule has 3 heteroatoms. The molecule has 0 aliphatic heterocycles. The maximum absolute atomic E-state index is 2.35. The summed E-state index contributed by atoms with van der Waals surface area (Å²) in [5.74, 6) is 0. The van der Waals surface area contributed by atoms with Gasteiger partial charge in [-0.2, -0.15) is 17.5 Å². The van der Waals surface area contributed by atoms with Crippen LogP contribution in [0.15, 0.2) is 84.9 Å².